The van der Waals surface area contributed by atoms with Crippen molar-refractivity contribution >= 4 is 57.1 Å². The maximum atomic E-state index is 2.64. The molecule has 2 heterocycles. The van der Waals surface area contributed by atoms with Crippen LogP contribution in [0, 0.1) is 17.8 Å². The van der Waals surface area contributed by atoms with E-state index in [2.05, 4.69) is 176 Å². The van der Waals surface area contributed by atoms with E-state index < -0.39 is 0 Å². The van der Waals surface area contributed by atoms with Gasteiger partial charge in [-0.25, -0.2) is 0 Å². The maximum Gasteiger partial charge on any atom is 0.252 e. The number of para-hydroxylation sites is 3. The van der Waals surface area contributed by atoms with Gasteiger partial charge in [0.1, 0.15) is 0 Å². The van der Waals surface area contributed by atoms with Crippen LogP contribution in [0.25, 0.3) is 5.57 Å². The van der Waals surface area contributed by atoms with Crippen LogP contribution in [-0.2, 0) is 0 Å². The molecule has 9 rings (SSSR count). The van der Waals surface area contributed by atoms with Crippen LogP contribution in [0.1, 0.15) is 50.7 Å². The van der Waals surface area contributed by atoms with E-state index in [1.807, 2.05) is 0 Å². The largest absolute Gasteiger partial charge is 0.312 e. The van der Waals surface area contributed by atoms with Crippen molar-refractivity contribution in [1.29, 1.82) is 0 Å². The zero-order valence-corrected chi connectivity index (χ0v) is 28.1. The number of nitrogens with zero attached hydrogens (tertiary/aromatic N) is 2. The average Bonchev–Trinajstić information content (AvgIpc) is 3.12. The molecule has 2 nitrogen and oxygen atoms in total. The molecule has 0 saturated heterocycles. The molecule has 4 aromatic rings. The summed E-state index contributed by atoms with van der Waals surface area (Å²) in [6.07, 6.45) is 25.4. The van der Waals surface area contributed by atoms with Crippen LogP contribution in [0.4, 0.5) is 28.4 Å². The van der Waals surface area contributed by atoms with E-state index in [0.717, 1.165) is 12.8 Å². The number of rotatable bonds is 4. The van der Waals surface area contributed by atoms with E-state index >= 15 is 0 Å². The number of hydrogen-bond donors (Lipinski definition) is 0. The van der Waals surface area contributed by atoms with Gasteiger partial charge in [-0.3, -0.25) is 0 Å². The van der Waals surface area contributed by atoms with E-state index in [1.54, 1.807) is 0 Å². The van der Waals surface area contributed by atoms with Gasteiger partial charge < -0.3 is 9.80 Å². The van der Waals surface area contributed by atoms with Gasteiger partial charge in [-0.2, -0.15) is 0 Å². The Morgan fingerprint density at radius 2 is 1.33 bits per heavy atom. The van der Waals surface area contributed by atoms with Gasteiger partial charge in [0.05, 0.1) is 5.69 Å². The van der Waals surface area contributed by atoms with Crippen molar-refractivity contribution in [1.82, 2.24) is 0 Å². The Kier molecular flexibility index (Phi) is 7.04. The highest BCUT2D eigenvalue weighted by molar-refractivity contribution is 7.00. The van der Waals surface area contributed by atoms with Gasteiger partial charge in [-0.1, -0.05) is 136 Å². The summed E-state index contributed by atoms with van der Waals surface area (Å²) >= 11 is 0. The van der Waals surface area contributed by atoms with E-state index in [4.69, 9.17) is 0 Å². The van der Waals surface area contributed by atoms with Gasteiger partial charge in [0.25, 0.3) is 6.71 Å². The van der Waals surface area contributed by atoms with Gasteiger partial charge in [0.15, 0.2) is 0 Å². The van der Waals surface area contributed by atoms with E-state index in [0.29, 0.717) is 17.8 Å². The number of hydrogen-bond acceptors (Lipinski definition) is 2. The molecule has 0 spiro atoms. The summed E-state index contributed by atoms with van der Waals surface area (Å²) in [4.78, 5) is 5.17. The molecule has 4 aromatic carbocycles. The zero-order valence-electron chi connectivity index (χ0n) is 28.1. The number of anilines is 5. The summed E-state index contributed by atoms with van der Waals surface area (Å²) < 4.78 is 0. The molecule has 0 amide bonds. The number of allylic oxidation sites excluding steroid dienone is 11. The monoisotopic (exact) mass is 620 g/mol. The van der Waals surface area contributed by atoms with Crippen molar-refractivity contribution in [3.05, 3.63) is 163 Å². The highest BCUT2D eigenvalue weighted by atomic mass is 15.2. The Hall–Kier alpha value is -5.02. The second kappa shape index (κ2) is 11.6. The van der Waals surface area contributed by atoms with Crippen LogP contribution >= 0.6 is 0 Å². The SMILES string of the molecule is CC1C=CC(N2c3ccccc3B3c4ccccc4N(c4c(C5=CC=CCC5C)cccc4C4C=CC=CC4C)c4cccc2c43)=CC1. The fourth-order valence-corrected chi connectivity index (χ4v) is 8.76. The van der Waals surface area contributed by atoms with Crippen LogP contribution in [0.3, 0.4) is 0 Å². The quantitative estimate of drug-likeness (QED) is 0.185. The minimum Gasteiger partial charge on any atom is -0.312 e. The Bertz CT molecular complexity index is 2130. The fraction of sp³-hybridized carbons (Fsp3) is 0.200. The van der Waals surface area contributed by atoms with Gasteiger partial charge in [0.2, 0.25) is 0 Å². The van der Waals surface area contributed by atoms with Crippen molar-refractivity contribution in [2.75, 3.05) is 9.80 Å². The standard InChI is InChI=1S/C45H41BN2/c1-30-26-28-33(29-27-30)47-40-22-10-8-20-38(40)46-39-21-9-11-23-41(39)48(43-25-13-24-42(47)44(43)46)45-36(34-16-6-4-14-31(34)2)18-12-19-37(45)35-17-7-5-15-32(35)3/h4-14,16-26,28-32,34H,15,27H2,1-3H3. The number of fused-ring (bicyclic) bond motifs is 4. The first kappa shape index (κ1) is 29.1. The molecule has 0 saturated carbocycles. The third-order valence-electron chi connectivity index (χ3n) is 11.2. The summed E-state index contributed by atoms with van der Waals surface area (Å²) in [6.45, 7) is 7.18. The Morgan fingerprint density at radius 3 is 2.06 bits per heavy atom. The van der Waals surface area contributed by atoms with Crippen LogP contribution in [-0.4, -0.2) is 6.71 Å². The molecule has 234 valence electrons. The highest BCUT2D eigenvalue weighted by Crippen LogP contribution is 2.50. The predicted octanol–water partition coefficient (Wildman–Crippen LogP) is 9.74. The first-order valence-corrected chi connectivity index (χ1v) is 17.7. The summed E-state index contributed by atoms with van der Waals surface area (Å²) in [5, 5.41) is 0. The van der Waals surface area contributed by atoms with Gasteiger partial charge in [-0.05, 0) is 88.5 Å². The number of benzene rings is 4. The molecule has 0 bridgehead atoms. The van der Waals surface area contributed by atoms with Gasteiger partial charge >= 0.3 is 0 Å². The van der Waals surface area contributed by atoms with Crippen LogP contribution < -0.4 is 26.2 Å². The van der Waals surface area contributed by atoms with Crippen LogP contribution in [0.2, 0.25) is 0 Å². The molecule has 2 aliphatic heterocycles. The Balaban J connectivity index is 1.35. The molecule has 48 heavy (non-hydrogen) atoms. The summed E-state index contributed by atoms with van der Waals surface area (Å²) in [5.74, 6) is 1.67. The average molecular weight is 621 g/mol. The van der Waals surface area contributed by atoms with Crippen LogP contribution in [0.5, 0.6) is 0 Å². The lowest BCUT2D eigenvalue weighted by Gasteiger charge is -2.45. The molecular weight excluding hydrogens is 579 g/mol. The van der Waals surface area contributed by atoms with Gasteiger partial charge in [0, 0.05) is 39.9 Å². The smallest absolute Gasteiger partial charge is 0.252 e. The third kappa shape index (κ3) is 4.48. The molecule has 0 radical (unpaired) electrons. The Morgan fingerprint density at radius 1 is 0.646 bits per heavy atom. The Labute approximate surface area is 285 Å². The van der Waals surface area contributed by atoms with E-state index in [1.165, 1.54) is 67.2 Å². The zero-order chi connectivity index (χ0) is 32.4. The molecule has 0 fully saturated rings. The fourth-order valence-electron chi connectivity index (χ4n) is 8.76. The third-order valence-corrected chi connectivity index (χ3v) is 11.2. The maximum absolute atomic E-state index is 2.64. The second-order valence-corrected chi connectivity index (χ2v) is 14.2. The van der Waals surface area contributed by atoms with E-state index in [-0.39, 0.29) is 12.6 Å². The van der Waals surface area contributed by atoms with Gasteiger partial charge in [-0.15, -0.1) is 0 Å². The minimum absolute atomic E-state index is 0.144. The molecular formula is C45H41BN2. The van der Waals surface area contributed by atoms with Crippen LogP contribution in [0.15, 0.2) is 151 Å². The lowest BCUT2D eigenvalue weighted by Crippen LogP contribution is -2.61. The molecule has 0 N–H and O–H groups in total. The van der Waals surface area contributed by atoms with Crippen molar-refractivity contribution in [2.24, 2.45) is 17.8 Å². The molecule has 4 unspecified atom stereocenters. The summed E-state index contributed by atoms with van der Waals surface area (Å²) in [5.41, 5.74) is 16.0. The normalized spacial score (nSPS) is 23.4. The molecule has 3 aliphatic carbocycles. The lowest BCUT2D eigenvalue weighted by atomic mass is 9.33. The molecule has 0 aromatic heterocycles. The molecule has 3 heteroatoms. The highest BCUT2D eigenvalue weighted by Gasteiger charge is 2.44. The van der Waals surface area contributed by atoms with Crippen molar-refractivity contribution in [2.45, 2.75) is 39.5 Å². The lowest BCUT2D eigenvalue weighted by molar-refractivity contribution is 0.635. The molecule has 4 atom stereocenters. The van der Waals surface area contributed by atoms with E-state index in [9.17, 15) is 0 Å². The first-order chi connectivity index (χ1) is 23.6. The summed E-state index contributed by atoms with van der Waals surface area (Å²) in [7, 11) is 0. The minimum atomic E-state index is 0.144. The summed E-state index contributed by atoms with van der Waals surface area (Å²) in [6, 6.07) is 32.3. The first-order valence-electron chi connectivity index (χ1n) is 17.7. The second-order valence-electron chi connectivity index (χ2n) is 14.2. The van der Waals surface area contributed by atoms with Crippen molar-refractivity contribution in [3.63, 3.8) is 0 Å². The predicted molar refractivity (Wildman–Crippen MR) is 206 cm³/mol. The molecule has 5 aliphatic rings. The van der Waals surface area contributed by atoms with Crippen molar-refractivity contribution < 1.29 is 0 Å². The topological polar surface area (TPSA) is 6.48 Å². The van der Waals surface area contributed by atoms with Crippen molar-refractivity contribution in [3.8, 4) is 0 Å².